The van der Waals surface area contributed by atoms with Crippen LogP contribution in [0.15, 0.2) is 24.3 Å². The summed E-state index contributed by atoms with van der Waals surface area (Å²) in [7, 11) is 0. The van der Waals surface area contributed by atoms with Crippen molar-refractivity contribution in [2.75, 3.05) is 13.2 Å². The Balaban J connectivity index is 1.48. The van der Waals surface area contributed by atoms with E-state index in [4.69, 9.17) is 0 Å². The fourth-order valence-corrected chi connectivity index (χ4v) is 4.49. The van der Waals surface area contributed by atoms with E-state index in [9.17, 15) is 14.4 Å². The molecule has 0 aromatic heterocycles. The average molecular weight is 355 g/mol. The van der Waals surface area contributed by atoms with E-state index in [0.29, 0.717) is 6.54 Å². The van der Waals surface area contributed by atoms with Gasteiger partial charge in [0.15, 0.2) is 0 Å². The summed E-state index contributed by atoms with van der Waals surface area (Å²) in [5, 5.41) is 0. The van der Waals surface area contributed by atoms with Gasteiger partial charge in [-0.3, -0.25) is 19.4 Å². The first kappa shape index (κ1) is 17.2. The standard InChI is InChI=1S/C20H25N3O3/c1-14-6-2-5-9-17(14)23-19(25)18(24)22(20(23)26)13-21-11-10-15-7-3-4-8-16(15)12-21/h3-4,7-8,14,17H,2,5-6,9-13H2,1H3/t14-,17-/m1/s1. The zero-order valence-electron chi connectivity index (χ0n) is 15.2. The molecule has 6 nitrogen and oxygen atoms in total. The molecule has 4 amide bonds. The smallest absolute Gasteiger partial charge is 0.281 e. The van der Waals surface area contributed by atoms with Crippen molar-refractivity contribution in [1.29, 1.82) is 0 Å². The second-order valence-electron chi connectivity index (χ2n) is 7.73. The number of hydrogen-bond donors (Lipinski definition) is 0. The van der Waals surface area contributed by atoms with Gasteiger partial charge in [0, 0.05) is 19.1 Å². The van der Waals surface area contributed by atoms with Crippen molar-refractivity contribution in [3.8, 4) is 0 Å². The molecule has 0 N–H and O–H groups in total. The van der Waals surface area contributed by atoms with Crippen molar-refractivity contribution < 1.29 is 14.4 Å². The highest BCUT2D eigenvalue weighted by molar-refractivity contribution is 6.44. The molecule has 3 aliphatic rings. The second-order valence-corrected chi connectivity index (χ2v) is 7.73. The molecule has 1 saturated carbocycles. The van der Waals surface area contributed by atoms with Gasteiger partial charge in [0.25, 0.3) is 0 Å². The van der Waals surface area contributed by atoms with Crippen LogP contribution in [-0.4, -0.2) is 51.8 Å². The van der Waals surface area contributed by atoms with E-state index in [1.54, 1.807) is 0 Å². The average Bonchev–Trinajstić information content (AvgIpc) is 2.86. The summed E-state index contributed by atoms with van der Waals surface area (Å²) < 4.78 is 0. The SMILES string of the molecule is C[C@@H]1CCCC[C@H]1N1C(=O)C(=O)N(CN2CCc3ccccc3C2)C1=O. The van der Waals surface area contributed by atoms with E-state index in [0.717, 1.165) is 43.5 Å². The van der Waals surface area contributed by atoms with E-state index in [1.807, 2.05) is 12.1 Å². The molecule has 2 fully saturated rings. The van der Waals surface area contributed by atoms with Crippen molar-refractivity contribution in [3.63, 3.8) is 0 Å². The number of imide groups is 2. The Morgan fingerprint density at radius 3 is 2.50 bits per heavy atom. The Labute approximate surface area is 153 Å². The van der Waals surface area contributed by atoms with Crippen LogP contribution < -0.4 is 0 Å². The number of hydrogen-bond acceptors (Lipinski definition) is 4. The summed E-state index contributed by atoms with van der Waals surface area (Å²) in [5.74, 6) is -1.07. The van der Waals surface area contributed by atoms with Crippen LogP contribution in [0.25, 0.3) is 0 Å². The van der Waals surface area contributed by atoms with Crippen LogP contribution in [-0.2, 0) is 22.6 Å². The zero-order chi connectivity index (χ0) is 18.3. The van der Waals surface area contributed by atoms with Crippen LogP contribution in [0.2, 0.25) is 0 Å². The van der Waals surface area contributed by atoms with Gasteiger partial charge in [0.1, 0.15) is 0 Å². The third-order valence-corrected chi connectivity index (χ3v) is 6.03. The van der Waals surface area contributed by atoms with Crippen LogP contribution in [0.5, 0.6) is 0 Å². The summed E-state index contributed by atoms with van der Waals surface area (Å²) >= 11 is 0. The molecule has 0 radical (unpaired) electrons. The fraction of sp³-hybridized carbons (Fsp3) is 0.550. The number of fused-ring (bicyclic) bond motifs is 1. The Hall–Kier alpha value is -2.21. The normalized spacial score (nSPS) is 27.2. The molecule has 1 aromatic rings. The van der Waals surface area contributed by atoms with Crippen LogP contribution in [0.3, 0.4) is 0 Å². The van der Waals surface area contributed by atoms with E-state index in [-0.39, 0.29) is 18.6 Å². The van der Waals surface area contributed by atoms with Crippen LogP contribution in [0.1, 0.15) is 43.7 Å². The molecule has 26 heavy (non-hydrogen) atoms. The lowest BCUT2D eigenvalue weighted by atomic mass is 9.85. The molecule has 138 valence electrons. The van der Waals surface area contributed by atoms with Crippen LogP contribution in [0, 0.1) is 5.92 Å². The van der Waals surface area contributed by atoms with Crippen LogP contribution in [0.4, 0.5) is 4.79 Å². The molecule has 0 bridgehead atoms. The fourth-order valence-electron chi connectivity index (χ4n) is 4.49. The van der Waals surface area contributed by atoms with E-state index < -0.39 is 17.8 Å². The lowest BCUT2D eigenvalue weighted by Crippen LogP contribution is -2.47. The van der Waals surface area contributed by atoms with Crippen LogP contribution >= 0.6 is 0 Å². The summed E-state index contributed by atoms with van der Waals surface area (Å²) in [6.45, 7) is 3.73. The summed E-state index contributed by atoms with van der Waals surface area (Å²) in [6, 6.07) is 7.66. The molecule has 6 heteroatoms. The second kappa shape index (κ2) is 6.83. The van der Waals surface area contributed by atoms with Gasteiger partial charge in [-0.15, -0.1) is 0 Å². The zero-order valence-corrected chi connectivity index (χ0v) is 15.2. The lowest BCUT2D eigenvalue weighted by Gasteiger charge is -2.35. The Kier molecular flexibility index (Phi) is 4.53. The van der Waals surface area contributed by atoms with E-state index in [1.165, 1.54) is 16.0 Å². The molecule has 1 saturated heterocycles. The Morgan fingerprint density at radius 2 is 1.73 bits per heavy atom. The highest BCUT2D eigenvalue weighted by Crippen LogP contribution is 2.31. The third-order valence-electron chi connectivity index (χ3n) is 6.03. The minimum absolute atomic E-state index is 0.139. The molecule has 4 rings (SSSR count). The van der Waals surface area contributed by atoms with Gasteiger partial charge in [-0.2, -0.15) is 0 Å². The predicted molar refractivity (Wildman–Crippen MR) is 95.9 cm³/mol. The first-order valence-corrected chi connectivity index (χ1v) is 9.54. The van der Waals surface area contributed by atoms with Crippen molar-refractivity contribution in [1.82, 2.24) is 14.7 Å². The first-order chi connectivity index (χ1) is 12.6. The van der Waals surface area contributed by atoms with Gasteiger partial charge in [-0.05, 0) is 36.3 Å². The predicted octanol–water partition coefficient (Wildman–Crippen LogP) is 2.37. The molecule has 2 atom stereocenters. The minimum atomic E-state index is -0.674. The molecule has 0 unspecified atom stereocenters. The number of benzene rings is 1. The molecule has 0 spiro atoms. The van der Waals surface area contributed by atoms with Crippen molar-refractivity contribution >= 4 is 17.8 Å². The molecule has 2 aliphatic heterocycles. The maximum Gasteiger partial charge on any atom is 0.335 e. The highest BCUT2D eigenvalue weighted by Gasteiger charge is 2.49. The van der Waals surface area contributed by atoms with Crippen molar-refractivity contribution in [2.24, 2.45) is 5.92 Å². The van der Waals surface area contributed by atoms with Gasteiger partial charge in [-0.1, -0.05) is 44.0 Å². The maximum atomic E-state index is 12.9. The van der Waals surface area contributed by atoms with Crippen molar-refractivity contribution in [3.05, 3.63) is 35.4 Å². The van der Waals surface area contributed by atoms with Gasteiger partial charge in [0.2, 0.25) is 0 Å². The topological polar surface area (TPSA) is 60.9 Å². The maximum absolute atomic E-state index is 12.9. The van der Waals surface area contributed by atoms with Gasteiger partial charge in [0.05, 0.1) is 6.67 Å². The largest absolute Gasteiger partial charge is 0.335 e. The Bertz CT molecular complexity index is 748. The summed E-state index contributed by atoms with van der Waals surface area (Å²) in [5.41, 5.74) is 2.54. The molecular weight excluding hydrogens is 330 g/mol. The molecule has 1 aromatic carbocycles. The number of urea groups is 1. The van der Waals surface area contributed by atoms with E-state index in [2.05, 4.69) is 24.0 Å². The quantitative estimate of drug-likeness (QED) is 0.617. The monoisotopic (exact) mass is 355 g/mol. The number of carbonyl (C=O) groups excluding carboxylic acids is 3. The van der Waals surface area contributed by atoms with Gasteiger partial charge >= 0.3 is 17.8 Å². The number of rotatable bonds is 3. The lowest BCUT2D eigenvalue weighted by molar-refractivity contribution is -0.145. The minimum Gasteiger partial charge on any atom is -0.281 e. The summed E-state index contributed by atoms with van der Waals surface area (Å²) in [6.07, 6.45) is 4.82. The molecule has 2 heterocycles. The third kappa shape index (κ3) is 2.92. The highest BCUT2D eigenvalue weighted by atomic mass is 16.2. The number of nitrogens with zero attached hydrogens (tertiary/aromatic N) is 3. The van der Waals surface area contributed by atoms with Gasteiger partial charge in [-0.25, -0.2) is 9.69 Å². The summed E-state index contributed by atoms with van der Waals surface area (Å²) in [4.78, 5) is 42.3. The molecule has 1 aliphatic carbocycles. The van der Waals surface area contributed by atoms with Gasteiger partial charge < -0.3 is 0 Å². The van der Waals surface area contributed by atoms with Crippen molar-refractivity contribution in [2.45, 2.75) is 51.6 Å². The molecular formula is C20H25N3O3. The first-order valence-electron chi connectivity index (χ1n) is 9.54. The van der Waals surface area contributed by atoms with E-state index >= 15 is 0 Å². The number of carbonyl (C=O) groups is 3. The number of amides is 4. The Morgan fingerprint density at radius 1 is 1.00 bits per heavy atom.